The summed E-state index contributed by atoms with van der Waals surface area (Å²) in [6.45, 7) is 1.01. The second-order valence-electron chi connectivity index (χ2n) is 3.00. The van der Waals surface area contributed by atoms with Crippen molar-refractivity contribution in [1.29, 1.82) is 0 Å². The number of rotatable bonds is 6. The summed E-state index contributed by atoms with van der Waals surface area (Å²) in [5.74, 6) is -0.758. The molecule has 0 radical (unpaired) electrons. The first-order chi connectivity index (χ1) is 6.52. The molecule has 5 N–H and O–H groups in total. The molecule has 0 unspecified atom stereocenters. The van der Waals surface area contributed by atoms with Gasteiger partial charge in [0, 0.05) is 6.54 Å². The summed E-state index contributed by atoms with van der Waals surface area (Å²) in [6.07, 6.45) is -3.39. The molecule has 0 fully saturated rings. The van der Waals surface area contributed by atoms with Crippen LogP contribution in [0.25, 0.3) is 0 Å². The highest BCUT2D eigenvalue weighted by Crippen LogP contribution is 1.97. The molecule has 0 aromatic rings. The zero-order valence-corrected chi connectivity index (χ0v) is 8.05. The van der Waals surface area contributed by atoms with Crippen LogP contribution in [-0.2, 0) is 4.79 Å². The van der Waals surface area contributed by atoms with E-state index in [0.717, 1.165) is 0 Å². The lowest BCUT2D eigenvalue weighted by Gasteiger charge is -2.16. The van der Waals surface area contributed by atoms with Crippen LogP contribution in [0.5, 0.6) is 0 Å². The summed E-state index contributed by atoms with van der Waals surface area (Å²) in [4.78, 5) is 11.0. The highest BCUT2D eigenvalue weighted by molar-refractivity contribution is 5.81. The standard InChI is InChI=1S/C8H17NO5/c1-2-6(12)7(13)8(14)9-3-5(11)4-10/h5-7,10-13H,2-4H2,1H3,(H,9,14)/t5-,6+,7-/m1/s1. The molecule has 6 heteroatoms. The van der Waals surface area contributed by atoms with Gasteiger partial charge in [0.15, 0.2) is 6.10 Å². The van der Waals surface area contributed by atoms with Gasteiger partial charge in [-0.3, -0.25) is 4.79 Å². The van der Waals surface area contributed by atoms with Crippen molar-refractivity contribution in [3.05, 3.63) is 0 Å². The number of carbonyl (C=O) groups excluding carboxylic acids is 1. The summed E-state index contributed by atoms with van der Waals surface area (Å²) in [5.41, 5.74) is 0. The van der Waals surface area contributed by atoms with Gasteiger partial charge in [-0.25, -0.2) is 0 Å². The van der Waals surface area contributed by atoms with Crippen molar-refractivity contribution >= 4 is 5.91 Å². The van der Waals surface area contributed by atoms with Crippen LogP contribution in [0.3, 0.4) is 0 Å². The Labute approximate surface area is 82.2 Å². The van der Waals surface area contributed by atoms with Gasteiger partial charge in [0.25, 0.3) is 5.91 Å². The van der Waals surface area contributed by atoms with Crippen LogP contribution >= 0.6 is 0 Å². The molecule has 0 aliphatic rings. The van der Waals surface area contributed by atoms with Crippen LogP contribution in [0, 0.1) is 0 Å². The molecule has 14 heavy (non-hydrogen) atoms. The van der Waals surface area contributed by atoms with E-state index in [2.05, 4.69) is 5.32 Å². The van der Waals surface area contributed by atoms with Crippen molar-refractivity contribution in [3.63, 3.8) is 0 Å². The number of hydrogen-bond donors (Lipinski definition) is 5. The molecular weight excluding hydrogens is 190 g/mol. The molecule has 1 amide bonds. The number of aliphatic hydroxyl groups excluding tert-OH is 4. The molecule has 3 atom stereocenters. The number of hydrogen-bond acceptors (Lipinski definition) is 5. The quantitative estimate of drug-likeness (QED) is 0.333. The van der Waals surface area contributed by atoms with Gasteiger partial charge in [0.05, 0.1) is 18.8 Å². The first kappa shape index (κ1) is 13.3. The summed E-state index contributed by atoms with van der Waals surface area (Å²) < 4.78 is 0. The van der Waals surface area contributed by atoms with Gasteiger partial charge in [-0.1, -0.05) is 6.92 Å². The van der Waals surface area contributed by atoms with Gasteiger partial charge < -0.3 is 25.7 Å². The van der Waals surface area contributed by atoms with E-state index in [1.54, 1.807) is 6.92 Å². The van der Waals surface area contributed by atoms with E-state index in [-0.39, 0.29) is 13.0 Å². The molecule has 0 saturated heterocycles. The third-order valence-electron chi connectivity index (χ3n) is 1.77. The summed E-state index contributed by atoms with van der Waals surface area (Å²) in [7, 11) is 0. The van der Waals surface area contributed by atoms with Crippen LogP contribution in [-0.4, -0.2) is 57.8 Å². The lowest BCUT2D eigenvalue weighted by molar-refractivity contribution is -0.135. The molecule has 0 saturated carbocycles. The fourth-order valence-corrected chi connectivity index (χ4v) is 0.786. The fraction of sp³-hybridized carbons (Fsp3) is 0.875. The van der Waals surface area contributed by atoms with Gasteiger partial charge in [-0.15, -0.1) is 0 Å². The summed E-state index contributed by atoms with van der Waals surface area (Å²) >= 11 is 0. The van der Waals surface area contributed by atoms with Gasteiger partial charge in [0.1, 0.15) is 0 Å². The average molecular weight is 207 g/mol. The van der Waals surface area contributed by atoms with E-state index < -0.39 is 30.8 Å². The minimum Gasteiger partial charge on any atom is -0.394 e. The van der Waals surface area contributed by atoms with Crippen molar-refractivity contribution in [2.24, 2.45) is 0 Å². The molecule has 0 aliphatic heterocycles. The average Bonchev–Trinajstić information content (AvgIpc) is 2.22. The van der Waals surface area contributed by atoms with E-state index in [4.69, 9.17) is 20.4 Å². The van der Waals surface area contributed by atoms with E-state index in [1.165, 1.54) is 0 Å². The van der Waals surface area contributed by atoms with E-state index >= 15 is 0 Å². The van der Waals surface area contributed by atoms with Crippen molar-refractivity contribution in [3.8, 4) is 0 Å². The van der Waals surface area contributed by atoms with Crippen molar-refractivity contribution in [2.75, 3.05) is 13.2 Å². The Morgan fingerprint density at radius 3 is 2.36 bits per heavy atom. The van der Waals surface area contributed by atoms with Crippen LogP contribution in [0.4, 0.5) is 0 Å². The molecule has 0 heterocycles. The van der Waals surface area contributed by atoms with Gasteiger partial charge >= 0.3 is 0 Å². The lowest BCUT2D eigenvalue weighted by Crippen LogP contribution is -2.44. The highest BCUT2D eigenvalue weighted by Gasteiger charge is 2.22. The second kappa shape index (κ2) is 6.72. The molecule has 0 aromatic heterocycles. The van der Waals surface area contributed by atoms with Crippen LogP contribution in [0.15, 0.2) is 0 Å². The molecule has 0 rings (SSSR count). The Hall–Kier alpha value is -0.690. The maximum absolute atomic E-state index is 11.0. The maximum atomic E-state index is 11.0. The largest absolute Gasteiger partial charge is 0.394 e. The van der Waals surface area contributed by atoms with Gasteiger partial charge in [0.2, 0.25) is 0 Å². The number of aliphatic hydroxyl groups is 4. The minimum absolute atomic E-state index is 0.150. The monoisotopic (exact) mass is 207 g/mol. The Morgan fingerprint density at radius 2 is 1.93 bits per heavy atom. The fourth-order valence-electron chi connectivity index (χ4n) is 0.786. The Kier molecular flexibility index (Phi) is 6.39. The topological polar surface area (TPSA) is 110 Å². The summed E-state index contributed by atoms with van der Waals surface area (Å²) in [5, 5.41) is 37.8. The molecule has 0 aliphatic carbocycles. The summed E-state index contributed by atoms with van der Waals surface area (Å²) in [6, 6.07) is 0. The lowest BCUT2D eigenvalue weighted by atomic mass is 10.1. The highest BCUT2D eigenvalue weighted by atomic mass is 16.3. The predicted molar refractivity (Wildman–Crippen MR) is 48.4 cm³/mol. The first-order valence-electron chi connectivity index (χ1n) is 4.45. The Bertz CT molecular complexity index is 175. The zero-order valence-electron chi connectivity index (χ0n) is 8.05. The van der Waals surface area contributed by atoms with E-state index in [0.29, 0.717) is 0 Å². The van der Waals surface area contributed by atoms with Crippen molar-refractivity contribution < 1.29 is 25.2 Å². The normalized spacial score (nSPS) is 17.2. The van der Waals surface area contributed by atoms with Crippen LogP contribution in [0.1, 0.15) is 13.3 Å². The van der Waals surface area contributed by atoms with E-state index in [9.17, 15) is 4.79 Å². The smallest absolute Gasteiger partial charge is 0.251 e. The molecular formula is C8H17NO5. The first-order valence-corrected chi connectivity index (χ1v) is 4.45. The third kappa shape index (κ3) is 4.52. The minimum atomic E-state index is -1.49. The number of nitrogens with one attached hydrogen (secondary N) is 1. The molecule has 0 spiro atoms. The Morgan fingerprint density at radius 1 is 1.36 bits per heavy atom. The van der Waals surface area contributed by atoms with E-state index in [1.807, 2.05) is 0 Å². The SMILES string of the molecule is CC[C@H](O)[C@@H](O)C(=O)NC[C@@H](O)CO. The maximum Gasteiger partial charge on any atom is 0.251 e. The molecule has 0 bridgehead atoms. The van der Waals surface area contributed by atoms with Crippen LogP contribution < -0.4 is 5.32 Å². The predicted octanol–water partition coefficient (Wildman–Crippen LogP) is -2.41. The second-order valence-corrected chi connectivity index (χ2v) is 3.00. The van der Waals surface area contributed by atoms with Crippen LogP contribution in [0.2, 0.25) is 0 Å². The third-order valence-corrected chi connectivity index (χ3v) is 1.77. The molecule has 0 aromatic carbocycles. The van der Waals surface area contributed by atoms with Crippen molar-refractivity contribution in [1.82, 2.24) is 5.32 Å². The molecule has 84 valence electrons. The number of carbonyl (C=O) groups is 1. The molecule has 6 nitrogen and oxygen atoms in total. The zero-order chi connectivity index (χ0) is 11.1. The number of amides is 1. The Balaban J connectivity index is 3.84. The van der Waals surface area contributed by atoms with Gasteiger partial charge in [-0.05, 0) is 6.42 Å². The van der Waals surface area contributed by atoms with Gasteiger partial charge in [-0.2, -0.15) is 0 Å². The van der Waals surface area contributed by atoms with Crippen molar-refractivity contribution in [2.45, 2.75) is 31.7 Å².